The summed E-state index contributed by atoms with van der Waals surface area (Å²) in [4.78, 5) is 10.4. The molecule has 0 bridgehead atoms. The molecule has 7 heteroatoms. The molecule has 1 aromatic heterocycles. The van der Waals surface area contributed by atoms with Crippen LogP contribution in [-0.4, -0.2) is 10.2 Å². The summed E-state index contributed by atoms with van der Waals surface area (Å²) in [5, 5.41) is 3.34. The minimum Gasteiger partial charge on any atom is -0.392 e. The molecule has 0 aliphatic heterocycles. The average molecular weight is 167 g/mol. The Morgan fingerprint density at radius 3 is 2.00 bits per heavy atom. The minimum absolute atomic E-state index is 0.836. The van der Waals surface area contributed by atoms with Gasteiger partial charge in [0.2, 0.25) is 0 Å². The second-order valence-corrected chi connectivity index (χ2v) is 1.87. The van der Waals surface area contributed by atoms with E-state index in [2.05, 4.69) is 0 Å². The zero-order valence-corrected chi connectivity index (χ0v) is 5.12. The summed E-state index contributed by atoms with van der Waals surface area (Å²) in [7, 11) is 0. The van der Waals surface area contributed by atoms with Gasteiger partial charge >= 0.3 is 6.18 Å². The molecule has 0 aromatic carbocycles. The largest absolute Gasteiger partial charge is 0.434 e. The third-order valence-corrected chi connectivity index (χ3v) is 1.10. The van der Waals surface area contributed by atoms with E-state index in [0.717, 1.165) is 0 Å². The highest BCUT2D eigenvalue weighted by atomic mass is 19.4. The van der Waals surface area contributed by atoms with E-state index in [1.165, 1.54) is 0 Å². The fourth-order valence-corrected chi connectivity index (χ4v) is 0.591. The first-order valence-corrected chi connectivity index (χ1v) is 2.56. The summed E-state index contributed by atoms with van der Waals surface area (Å²) < 4.78 is 35.4. The number of nitrogen functional groups attached to an aromatic ring is 1. The summed E-state index contributed by atoms with van der Waals surface area (Å²) >= 11 is 0. The molecule has 0 aliphatic carbocycles. The van der Waals surface area contributed by atoms with Crippen molar-refractivity contribution in [3.63, 3.8) is 0 Å². The summed E-state index contributed by atoms with van der Waals surface area (Å²) in [6.45, 7) is 0. The quantitative estimate of drug-likeness (QED) is 0.520. The van der Waals surface area contributed by atoms with Crippen LogP contribution >= 0.6 is 0 Å². The highest BCUT2D eigenvalue weighted by Gasteiger charge is 2.35. The number of halogens is 3. The van der Waals surface area contributed by atoms with Gasteiger partial charge in [0.05, 0.1) is 0 Å². The second-order valence-electron chi connectivity index (χ2n) is 1.87. The van der Waals surface area contributed by atoms with Crippen LogP contribution in [0.2, 0.25) is 0 Å². The first-order chi connectivity index (χ1) is 4.93. The van der Waals surface area contributed by atoms with Gasteiger partial charge in [-0.15, -0.1) is 0 Å². The topological polar surface area (TPSA) is 74.7 Å². The number of hydrogen-bond donors (Lipinski definition) is 3. The van der Waals surface area contributed by atoms with Crippen LogP contribution in [0.1, 0.15) is 5.69 Å². The van der Waals surface area contributed by atoms with Gasteiger partial charge in [0.1, 0.15) is 5.69 Å². The van der Waals surface area contributed by atoms with E-state index in [4.69, 9.17) is 5.73 Å². The van der Waals surface area contributed by atoms with E-state index in [-0.39, 0.29) is 0 Å². The molecule has 0 saturated heterocycles. The molecule has 0 spiro atoms. The predicted molar refractivity (Wildman–Crippen MR) is 30.8 cm³/mol. The Bertz CT molecular complexity index is 309. The molecule has 1 aromatic rings. The fourth-order valence-electron chi connectivity index (χ4n) is 0.591. The monoisotopic (exact) mass is 167 g/mol. The number of aromatic nitrogens is 2. The standard InChI is InChI=1S/C4H4F3N3O/c5-4(6,7)2-1(8)3(11)10-9-2/h8H2,(H2,9,10,11). The smallest absolute Gasteiger partial charge is 0.392 e. The number of H-pyrrole nitrogens is 2. The van der Waals surface area contributed by atoms with Crippen LogP contribution in [-0.2, 0) is 6.18 Å². The first-order valence-electron chi connectivity index (χ1n) is 2.56. The van der Waals surface area contributed by atoms with E-state index >= 15 is 0 Å². The van der Waals surface area contributed by atoms with Gasteiger partial charge in [0.15, 0.2) is 5.69 Å². The van der Waals surface area contributed by atoms with Gasteiger partial charge in [-0.25, -0.2) is 0 Å². The van der Waals surface area contributed by atoms with Crippen molar-refractivity contribution in [1.29, 1.82) is 0 Å². The SMILES string of the molecule is Nc1c(C(F)(F)F)[nH][nH]c1=O. The maximum Gasteiger partial charge on any atom is 0.434 e. The zero-order chi connectivity index (χ0) is 8.65. The summed E-state index contributed by atoms with van der Waals surface area (Å²) in [5.41, 5.74) is 1.76. The molecule has 0 radical (unpaired) electrons. The molecule has 0 saturated carbocycles. The van der Waals surface area contributed by atoms with Gasteiger partial charge in [-0.2, -0.15) is 13.2 Å². The molecular formula is C4H4F3N3O. The van der Waals surface area contributed by atoms with Crippen molar-refractivity contribution in [3.05, 3.63) is 16.0 Å². The van der Waals surface area contributed by atoms with Gasteiger partial charge in [-0.1, -0.05) is 0 Å². The molecular weight excluding hydrogens is 163 g/mol. The number of alkyl halides is 3. The Kier molecular flexibility index (Phi) is 1.43. The lowest BCUT2D eigenvalue weighted by molar-refractivity contribution is -0.140. The number of anilines is 1. The van der Waals surface area contributed by atoms with Crippen molar-refractivity contribution in [1.82, 2.24) is 10.2 Å². The zero-order valence-electron chi connectivity index (χ0n) is 5.12. The van der Waals surface area contributed by atoms with Gasteiger partial charge in [0, 0.05) is 0 Å². The van der Waals surface area contributed by atoms with Crippen LogP contribution < -0.4 is 11.3 Å². The molecule has 1 heterocycles. The van der Waals surface area contributed by atoms with E-state index in [1.807, 2.05) is 0 Å². The Hall–Kier alpha value is -1.40. The Labute approximate surface area is 58.2 Å². The van der Waals surface area contributed by atoms with Crippen molar-refractivity contribution < 1.29 is 13.2 Å². The van der Waals surface area contributed by atoms with Crippen molar-refractivity contribution in [2.24, 2.45) is 0 Å². The van der Waals surface area contributed by atoms with E-state index in [0.29, 0.717) is 0 Å². The lowest BCUT2D eigenvalue weighted by Gasteiger charge is -2.01. The van der Waals surface area contributed by atoms with E-state index in [9.17, 15) is 18.0 Å². The molecule has 4 nitrogen and oxygen atoms in total. The normalized spacial score (nSPS) is 11.9. The first kappa shape index (κ1) is 7.70. The number of nitrogens with one attached hydrogen (secondary N) is 2. The van der Waals surface area contributed by atoms with E-state index < -0.39 is 23.1 Å². The second kappa shape index (κ2) is 2.04. The van der Waals surface area contributed by atoms with Gasteiger partial charge in [-0.05, 0) is 0 Å². The van der Waals surface area contributed by atoms with Crippen LogP contribution in [0.4, 0.5) is 18.9 Å². The number of aromatic amines is 2. The molecule has 1 rings (SSSR count). The Balaban J connectivity index is 3.26. The molecule has 0 amide bonds. The van der Waals surface area contributed by atoms with Crippen molar-refractivity contribution in [2.45, 2.75) is 6.18 Å². The Morgan fingerprint density at radius 2 is 1.82 bits per heavy atom. The van der Waals surface area contributed by atoms with E-state index in [1.54, 1.807) is 10.2 Å². The minimum atomic E-state index is -4.61. The highest BCUT2D eigenvalue weighted by Crippen LogP contribution is 2.29. The lowest BCUT2D eigenvalue weighted by Crippen LogP contribution is -2.11. The molecule has 11 heavy (non-hydrogen) atoms. The maximum atomic E-state index is 11.8. The summed E-state index contributed by atoms with van der Waals surface area (Å²) in [5.74, 6) is 0. The van der Waals surface area contributed by atoms with Crippen LogP contribution in [0.15, 0.2) is 4.79 Å². The molecule has 0 atom stereocenters. The molecule has 62 valence electrons. The molecule has 0 fully saturated rings. The van der Waals surface area contributed by atoms with Crippen LogP contribution in [0.25, 0.3) is 0 Å². The molecule has 0 unspecified atom stereocenters. The van der Waals surface area contributed by atoms with Crippen molar-refractivity contribution in [3.8, 4) is 0 Å². The van der Waals surface area contributed by atoms with Crippen molar-refractivity contribution >= 4 is 5.69 Å². The number of hydrogen-bond acceptors (Lipinski definition) is 2. The van der Waals surface area contributed by atoms with Crippen molar-refractivity contribution in [2.75, 3.05) is 5.73 Å². The molecule has 0 aliphatic rings. The van der Waals surface area contributed by atoms with Gasteiger partial charge < -0.3 is 5.73 Å². The maximum absolute atomic E-state index is 11.8. The summed E-state index contributed by atoms with van der Waals surface area (Å²) in [6.07, 6.45) is -4.61. The van der Waals surface area contributed by atoms with Gasteiger partial charge in [0.25, 0.3) is 5.56 Å². The number of nitrogens with two attached hydrogens (primary N) is 1. The van der Waals surface area contributed by atoms with Gasteiger partial charge in [-0.3, -0.25) is 15.0 Å². The van der Waals surface area contributed by atoms with Crippen LogP contribution in [0, 0.1) is 0 Å². The number of rotatable bonds is 0. The van der Waals surface area contributed by atoms with Crippen LogP contribution in [0.5, 0.6) is 0 Å². The third kappa shape index (κ3) is 1.21. The Morgan fingerprint density at radius 1 is 1.27 bits per heavy atom. The molecule has 4 N–H and O–H groups in total. The fraction of sp³-hybridized carbons (Fsp3) is 0.250. The highest BCUT2D eigenvalue weighted by molar-refractivity contribution is 5.41. The van der Waals surface area contributed by atoms with Crippen LogP contribution in [0.3, 0.4) is 0 Å². The predicted octanol–water partition coefficient (Wildman–Crippen LogP) is 0.304. The summed E-state index contributed by atoms with van der Waals surface area (Å²) in [6, 6.07) is 0. The lowest BCUT2D eigenvalue weighted by atomic mass is 10.4. The average Bonchev–Trinajstić information content (AvgIpc) is 2.11. The third-order valence-electron chi connectivity index (χ3n) is 1.10.